The summed E-state index contributed by atoms with van der Waals surface area (Å²) in [5.41, 5.74) is 1.47. The third kappa shape index (κ3) is 3.12. The normalized spacial score (nSPS) is 26.6. The molecule has 4 atom stereocenters. The minimum Gasteiger partial charge on any atom is -0.480 e. The van der Waals surface area contributed by atoms with E-state index in [9.17, 15) is 18.7 Å². The number of benzene rings is 2. The van der Waals surface area contributed by atoms with Gasteiger partial charge in [-0.05, 0) is 54.9 Å². The zero-order valence-electron chi connectivity index (χ0n) is 14.3. The molecule has 2 aliphatic heterocycles. The first kappa shape index (κ1) is 17.2. The highest BCUT2D eigenvalue weighted by atomic mass is 19.1. The number of halogens is 2. The Kier molecular flexibility index (Phi) is 4.49. The zero-order valence-corrected chi connectivity index (χ0v) is 14.3. The first-order valence-corrected chi connectivity index (χ1v) is 9.04. The van der Waals surface area contributed by atoms with Gasteiger partial charge in [-0.3, -0.25) is 9.69 Å². The van der Waals surface area contributed by atoms with Gasteiger partial charge in [-0.1, -0.05) is 30.3 Å². The second-order valence-electron chi connectivity index (χ2n) is 7.35. The fourth-order valence-corrected chi connectivity index (χ4v) is 4.81. The quantitative estimate of drug-likeness (QED) is 0.876. The molecule has 0 saturated carbocycles. The number of aliphatic carboxylic acids is 1. The number of hydrogen-bond donors (Lipinski definition) is 1. The number of carboxylic acids is 1. The maximum atomic E-state index is 13.7. The van der Waals surface area contributed by atoms with Gasteiger partial charge in [0.05, 0.1) is 0 Å². The van der Waals surface area contributed by atoms with Crippen molar-refractivity contribution < 1.29 is 18.7 Å². The topological polar surface area (TPSA) is 40.5 Å². The number of carboxylic acid groups (broad SMARTS) is 1. The smallest absolute Gasteiger partial charge is 0.325 e. The van der Waals surface area contributed by atoms with Gasteiger partial charge in [-0.2, -0.15) is 0 Å². The highest BCUT2D eigenvalue weighted by Gasteiger charge is 2.46. The van der Waals surface area contributed by atoms with Crippen LogP contribution in [0.4, 0.5) is 8.78 Å². The molecule has 0 amide bonds. The molecule has 4 rings (SSSR count). The largest absolute Gasteiger partial charge is 0.480 e. The van der Waals surface area contributed by atoms with Crippen LogP contribution in [0.1, 0.15) is 48.8 Å². The molecule has 0 radical (unpaired) electrons. The van der Waals surface area contributed by atoms with E-state index in [2.05, 4.69) is 12.1 Å². The minimum atomic E-state index is -1.05. The van der Waals surface area contributed by atoms with E-state index in [0.717, 1.165) is 43.9 Å². The molecule has 2 aliphatic rings. The molecule has 2 aromatic carbocycles. The van der Waals surface area contributed by atoms with E-state index in [4.69, 9.17) is 0 Å². The lowest BCUT2D eigenvalue weighted by Gasteiger charge is -2.42. The van der Waals surface area contributed by atoms with E-state index in [-0.39, 0.29) is 17.6 Å². The lowest BCUT2D eigenvalue weighted by Crippen LogP contribution is -2.47. The zero-order chi connectivity index (χ0) is 18.3. The van der Waals surface area contributed by atoms with Crippen molar-refractivity contribution in [1.29, 1.82) is 0 Å². The third-order valence-corrected chi connectivity index (χ3v) is 5.79. The Morgan fingerprint density at radius 2 is 1.58 bits per heavy atom. The number of rotatable bonds is 4. The SMILES string of the molecule is O=C(O)C(c1cc(F)cc(F)c1)N1[C@@H]2CC[C@H]1CC(c1ccccc1)C2. The van der Waals surface area contributed by atoms with Crippen LogP contribution >= 0.6 is 0 Å². The molecule has 0 spiro atoms. The molecule has 26 heavy (non-hydrogen) atoms. The molecule has 0 aliphatic carbocycles. The van der Waals surface area contributed by atoms with Crippen LogP contribution in [0, 0.1) is 11.6 Å². The van der Waals surface area contributed by atoms with Crippen LogP contribution < -0.4 is 0 Å². The molecular formula is C21H21F2NO2. The maximum absolute atomic E-state index is 13.7. The van der Waals surface area contributed by atoms with Crippen LogP contribution in [0.3, 0.4) is 0 Å². The summed E-state index contributed by atoms with van der Waals surface area (Å²) >= 11 is 0. The van der Waals surface area contributed by atoms with Crippen molar-refractivity contribution in [1.82, 2.24) is 4.90 Å². The molecule has 2 aromatic rings. The molecule has 2 bridgehead atoms. The average Bonchev–Trinajstić information content (AvgIpc) is 2.84. The maximum Gasteiger partial charge on any atom is 0.325 e. The Labute approximate surface area is 151 Å². The monoisotopic (exact) mass is 357 g/mol. The fourth-order valence-electron chi connectivity index (χ4n) is 4.81. The Morgan fingerprint density at radius 1 is 1.00 bits per heavy atom. The predicted octanol–water partition coefficient (Wildman–Crippen LogP) is 4.50. The Balaban J connectivity index is 1.63. The molecule has 136 valence electrons. The van der Waals surface area contributed by atoms with Gasteiger partial charge in [-0.25, -0.2) is 8.78 Å². The van der Waals surface area contributed by atoms with Gasteiger partial charge in [0.25, 0.3) is 0 Å². The Bertz CT molecular complexity index is 777. The third-order valence-electron chi connectivity index (χ3n) is 5.79. The van der Waals surface area contributed by atoms with Gasteiger partial charge in [0.1, 0.15) is 17.7 Å². The van der Waals surface area contributed by atoms with Crippen LogP contribution in [0.2, 0.25) is 0 Å². The van der Waals surface area contributed by atoms with Gasteiger partial charge in [-0.15, -0.1) is 0 Å². The molecule has 2 heterocycles. The number of carbonyl (C=O) groups is 1. The van der Waals surface area contributed by atoms with Crippen LogP contribution in [0.5, 0.6) is 0 Å². The molecule has 2 saturated heterocycles. The highest BCUT2D eigenvalue weighted by Crippen LogP contribution is 2.47. The van der Waals surface area contributed by atoms with Gasteiger partial charge < -0.3 is 5.11 Å². The fraction of sp³-hybridized carbons (Fsp3) is 0.381. The molecule has 0 aromatic heterocycles. The van der Waals surface area contributed by atoms with Crippen LogP contribution in [-0.4, -0.2) is 28.1 Å². The lowest BCUT2D eigenvalue weighted by atomic mass is 9.83. The van der Waals surface area contributed by atoms with Gasteiger partial charge >= 0.3 is 5.97 Å². The summed E-state index contributed by atoms with van der Waals surface area (Å²) < 4.78 is 27.3. The number of hydrogen-bond acceptors (Lipinski definition) is 2. The Morgan fingerprint density at radius 3 is 2.12 bits per heavy atom. The minimum absolute atomic E-state index is 0.117. The first-order chi connectivity index (χ1) is 12.5. The summed E-state index contributed by atoms with van der Waals surface area (Å²) in [6, 6.07) is 12.6. The van der Waals surface area contributed by atoms with E-state index in [0.29, 0.717) is 5.92 Å². The summed E-state index contributed by atoms with van der Waals surface area (Å²) in [6.45, 7) is 0. The van der Waals surface area contributed by atoms with Crippen LogP contribution in [0.15, 0.2) is 48.5 Å². The average molecular weight is 357 g/mol. The van der Waals surface area contributed by atoms with Crippen molar-refractivity contribution in [2.75, 3.05) is 0 Å². The summed E-state index contributed by atoms with van der Waals surface area (Å²) in [6.07, 6.45) is 3.61. The molecule has 2 fully saturated rings. The highest BCUT2D eigenvalue weighted by molar-refractivity contribution is 5.75. The standard InChI is InChI=1S/C21H21F2NO2/c22-16-8-15(9-17(23)12-16)20(21(25)26)24-18-6-7-19(24)11-14(10-18)13-4-2-1-3-5-13/h1-5,8-9,12,14,18-20H,6-7,10-11H2,(H,25,26)/t14?,18-,19+,20?. The van der Waals surface area contributed by atoms with Gasteiger partial charge in [0.2, 0.25) is 0 Å². The van der Waals surface area contributed by atoms with E-state index in [1.165, 1.54) is 5.56 Å². The van der Waals surface area contributed by atoms with Crippen molar-refractivity contribution in [3.05, 3.63) is 71.3 Å². The molecule has 5 heteroatoms. The Hall–Kier alpha value is -2.27. The van der Waals surface area contributed by atoms with Crippen molar-refractivity contribution in [2.24, 2.45) is 0 Å². The van der Waals surface area contributed by atoms with E-state index in [1.807, 2.05) is 23.1 Å². The summed E-state index contributed by atoms with van der Waals surface area (Å²) in [7, 11) is 0. The van der Waals surface area contributed by atoms with Crippen LogP contribution in [0.25, 0.3) is 0 Å². The summed E-state index contributed by atoms with van der Waals surface area (Å²) in [5.74, 6) is -2.12. The van der Waals surface area contributed by atoms with Crippen molar-refractivity contribution in [2.45, 2.75) is 49.7 Å². The van der Waals surface area contributed by atoms with Gasteiger partial charge in [0.15, 0.2) is 0 Å². The van der Waals surface area contributed by atoms with E-state index in [1.54, 1.807) is 0 Å². The summed E-state index contributed by atoms with van der Waals surface area (Å²) in [4.78, 5) is 14.0. The molecular weight excluding hydrogens is 336 g/mol. The second kappa shape index (κ2) is 6.80. The van der Waals surface area contributed by atoms with E-state index >= 15 is 0 Å². The second-order valence-corrected chi connectivity index (χ2v) is 7.35. The lowest BCUT2D eigenvalue weighted by molar-refractivity contribution is -0.146. The predicted molar refractivity (Wildman–Crippen MR) is 93.8 cm³/mol. The number of piperidine rings is 1. The van der Waals surface area contributed by atoms with E-state index < -0.39 is 23.6 Å². The molecule has 1 N–H and O–H groups in total. The van der Waals surface area contributed by atoms with Gasteiger partial charge in [0, 0.05) is 18.2 Å². The first-order valence-electron chi connectivity index (χ1n) is 9.04. The van der Waals surface area contributed by atoms with Crippen molar-refractivity contribution in [3.8, 4) is 0 Å². The van der Waals surface area contributed by atoms with Crippen molar-refractivity contribution >= 4 is 5.97 Å². The van der Waals surface area contributed by atoms with Crippen molar-refractivity contribution in [3.63, 3.8) is 0 Å². The number of nitrogens with zero attached hydrogens (tertiary/aromatic N) is 1. The number of fused-ring (bicyclic) bond motifs is 2. The molecule has 3 nitrogen and oxygen atoms in total. The molecule has 2 unspecified atom stereocenters. The van der Waals surface area contributed by atoms with Crippen LogP contribution in [-0.2, 0) is 4.79 Å². The summed E-state index contributed by atoms with van der Waals surface area (Å²) in [5, 5.41) is 9.82.